The fourth-order valence-corrected chi connectivity index (χ4v) is 1.44. The van der Waals surface area contributed by atoms with Crippen molar-refractivity contribution in [3.05, 3.63) is 0 Å². The first kappa shape index (κ1) is 17.2. The van der Waals surface area contributed by atoms with E-state index in [0.29, 0.717) is 19.0 Å². The lowest BCUT2D eigenvalue weighted by atomic mass is 10.0. The first-order valence-electron chi connectivity index (χ1n) is 6.66. The van der Waals surface area contributed by atoms with Gasteiger partial charge in [-0.05, 0) is 46.2 Å². The molecule has 0 aromatic carbocycles. The van der Waals surface area contributed by atoms with Gasteiger partial charge in [-0.3, -0.25) is 0 Å². The lowest BCUT2D eigenvalue weighted by Gasteiger charge is -2.24. The molecular formula is C13H29N3O2. The molecule has 0 saturated carbocycles. The van der Waals surface area contributed by atoms with Crippen LogP contribution in [0.15, 0.2) is 0 Å². The highest BCUT2D eigenvalue weighted by molar-refractivity contribution is 5.67. The number of carbonyl (C=O) groups is 1. The summed E-state index contributed by atoms with van der Waals surface area (Å²) < 4.78 is 5.20. The van der Waals surface area contributed by atoms with E-state index in [-0.39, 0.29) is 12.1 Å². The smallest absolute Gasteiger partial charge is 0.407 e. The van der Waals surface area contributed by atoms with Crippen molar-refractivity contribution < 1.29 is 9.53 Å². The van der Waals surface area contributed by atoms with E-state index >= 15 is 0 Å². The van der Waals surface area contributed by atoms with Gasteiger partial charge >= 0.3 is 6.09 Å². The lowest BCUT2D eigenvalue weighted by molar-refractivity contribution is 0.0519. The Morgan fingerprint density at radius 1 is 1.33 bits per heavy atom. The first-order valence-corrected chi connectivity index (χ1v) is 6.66. The number of nitrogens with one attached hydrogen (secondary N) is 2. The lowest BCUT2D eigenvalue weighted by Crippen LogP contribution is -2.45. The third kappa shape index (κ3) is 9.24. The molecule has 0 heterocycles. The maximum absolute atomic E-state index is 11.5. The van der Waals surface area contributed by atoms with E-state index in [4.69, 9.17) is 10.5 Å². The predicted molar refractivity (Wildman–Crippen MR) is 74.5 cm³/mol. The van der Waals surface area contributed by atoms with E-state index in [2.05, 4.69) is 24.5 Å². The standard InChI is InChI=1S/C13H29N3O2/c1-10(2)11(15-8-6-7-14)9-16-12(17)18-13(3,4)5/h10-11,15H,6-9,14H2,1-5H3,(H,16,17). The number of alkyl carbamates (subject to hydrolysis) is 1. The van der Waals surface area contributed by atoms with E-state index in [1.54, 1.807) is 0 Å². The summed E-state index contributed by atoms with van der Waals surface area (Å²) in [4.78, 5) is 11.5. The van der Waals surface area contributed by atoms with E-state index in [1.165, 1.54) is 0 Å². The van der Waals surface area contributed by atoms with E-state index < -0.39 is 5.60 Å². The summed E-state index contributed by atoms with van der Waals surface area (Å²) >= 11 is 0. The summed E-state index contributed by atoms with van der Waals surface area (Å²) in [6, 6.07) is 0.240. The second-order valence-electron chi connectivity index (χ2n) is 5.83. The van der Waals surface area contributed by atoms with Crippen LogP contribution in [0.1, 0.15) is 41.0 Å². The second kappa shape index (κ2) is 8.32. The Hall–Kier alpha value is -0.810. The van der Waals surface area contributed by atoms with Crippen LogP contribution >= 0.6 is 0 Å². The molecule has 1 atom stereocenters. The zero-order chi connectivity index (χ0) is 14.2. The molecule has 0 aliphatic heterocycles. The molecule has 1 unspecified atom stereocenters. The largest absolute Gasteiger partial charge is 0.444 e. The molecule has 0 aromatic heterocycles. The molecular weight excluding hydrogens is 230 g/mol. The summed E-state index contributed by atoms with van der Waals surface area (Å²) in [5, 5.41) is 6.18. The van der Waals surface area contributed by atoms with Gasteiger partial charge in [0.25, 0.3) is 0 Å². The Morgan fingerprint density at radius 3 is 2.39 bits per heavy atom. The summed E-state index contributed by atoms with van der Waals surface area (Å²) in [7, 11) is 0. The fourth-order valence-electron chi connectivity index (χ4n) is 1.44. The number of carbonyl (C=O) groups excluding carboxylic acids is 1. The van der Waals surface area contributed by atoms with Gasteiger partial charge in [-0.2, -0.15) is 0 Å². The third-order valence-electron chi connectivity index (χ3n) is 2.46. The minimum atomic E-state index is -0.454. The normalized spacial score (nSPS) is 13.5. The number of rotatable bonds is 7. The summed E-state index contributed by atoms with van der Waals surface area (Å²) in [6.45, 7) is 11.9. The van der Waals surface area contributed by atoms with Crippen molar-refractivity contribution >= 4 is 6.09 Å². The van der Waals surface area contributed by atoms with Crippen molar-refractivity contribution in [2.75, 3.05) is 19.6 Å². The number of nitrogens with two attached hydrogens (primary N) is 1. The van der Waals surface area contributed by atoms with Crippen LogP contribution in [0.2, 0.25) is 0 Å². The molecule has 0 aromatic rings. The summed E-state index contributed by atoms with van der Waals surface area (Å²) in [6.07, 6.45) is 0.573. The molecule has 5 heteroatoms. The van der Waals surface area contributed by atoms with Gasteiger partial charge in [0.1, 0.15) is 5.60 Å². The van der Waals surface area contributed by atoms with Gasteiger partial charge in [0.2, 0.25) is 0 Å². The van der Waals surface area contributed by atoms with Crippen LogP contribution < -0.4 is 16.4 Å². The minimum absolute atomic E-state index is 0.240. The van der Waals surface area contributed by atoms with Crippen LogP contribution in [-0.2, 0) is 4.74 Å². The van der Waals surface area contributed by atoms with Crippen LogP contribution in [0.25, 0.3) is 0 Å². The Balaban J connectivity index is 3.99. The summed E-state index contributed by atoms with van der Waals surface area (Å²) in [5.41, 5.74) is 5.00. The van der Waals surface area contributed by atoms with E-state index in [0.717, 1.165) is 13.0 Å². The Bertz CT molecular complexity index is 237. The van der Waals surface area contributed by atoms with Crippen molar-refractivity contribution in [3.63, 3.8) is 0 Å². The van der Waals surface area contributed by atoms with Gasteiger partial charge in [0.05, 0.1) is 0 Å². The Morgan fingerprint density at radius 2 is 1.94 bits per heavy atom. The van der Waals surface area contributed by atoms with Crippen LogP contribution in [0.3, 0.4) is 0 Å². The molecule has 5 nitrogen and oxygen atoms in total. The average molecular weight is 259 g/mol. The highest BCUT2D eigenvalue weighted by atomic mass is 16.6. The quantitative estimate of drug-likeness (QED) is 0.605. The van der Waals surface area contributed by atoms with Crippen LogP contribution in [0.5, 0.6) is 0 Å². The molecule has 0 radical (unpaired) electrons. The van der Waals surface area contributed by atoms with Crippen LogP contribution in [0, 0.1) is 5.92 Å². The highest BCUT2D eigenvalue weighted by Crippen LogP contribution is 2.07. The Labute approximate surface area is 111 Å². The zero-order valence-corrected chi connectivity index (χ0v) is 12.4. The molecule has 0 rings (SSSR count). The van der Waals surface area contributed by atoms with Crippen molar-refractivity contribution in [1.29, 1.82) is 0 Å². The molecule has 0 aliphatic rings. The summed E-state index contributed by atoms with van der Waals surface area (Å²) in [5.74, 6) is 0.442. The maximum Gasteiger partial charge on any atom is 0.407 e. The number of amides is 1. The number of ether oxygens (including phenoxy) is 1. The van der Waals surface area contributed by atoms with Crippen LogP contribution in [-0.4, -0.2) is 37.4 Å². The zero-order valence-electron chi connectivity index (χ0n) is 12.4. The molecule has 0 bridgehead atoms. The topological polar surface area (TPSA) is 76.4 Å². The van der Waals surface area contributed by atoms with Gasteiger partial charge < -0.3 is 21.1 Å². The molecule has 0 spiro atoms. The molecule has 0 aliphatic carbocycles. The second-order valence-corrected chi connectivity index (χ2v) is 5.83. The van der Waals surface area contributed by atoms with Gasteiger partial charge in [0, 0.05) is 12.6 Å². The SMILES string of the molecule is CC(C)C(CNC(=O)OC(C)(C)C)NCCCN. The van der Waals surface area contributed by atoms with E-state index in [9.17, 15) is 4.79 Å². The third-order valence-corrected chi connectivity index (χ3v) is 2.46. The maximum atomic E-state index is 11.5. The van der Waals surface area contributed by atoms with Gasteiger partial charge in [-0.15, -0.1) is 0 Å². The molecule has 0 saturated heterocycles. The minimum Gasteiger partial charge on any atom is -0.444 e. The monoisotopic (exact) mass is 259 g/mol. The first-order chi connectivity index (χ1) is 8.26. The predicted octanol–water partition coefficient (Wildman–Crippen LogP) is 1.47. The number of hydrogen-bond acceptors (Lipinski definition) is 4. The van der Waals surface area contributed by atoms with Crippen molar-refractivity contribution in [2.45, 2.75) is 52.7 Å². The van der Waals surface area contributed by atoms with Crippen molar-refractivity contribution in [2.24, 2.45) is 11.7 Å². The Kier molecular flexibility index (Phi) is 7.95. The average Bonchev–Trinajstić information content (AvgIpc) is 2.20. The fraction of sp³-hybridized carbons (Fsp3) is 0.923. The molecule has 0 fully saturated rings. The van der Waals surface area contributed by atoms with E-state index in [1.807, 2.05) is 20.8 Å². The number of hydrogen-bond donors (Lipinski definition) is 3. The van der Waals surface area contributed by atoms with Crippen molar-refractivity contribution in [3.8, 4) is 0 Å². The molecule has 4 N–H and O–H groups in total. The molecule has 108 valence electrons. The highest BCUT2D eigenvalue weighted by Gasteiger charge is 2.18. The van der Waals surface area contributed by atoms with Crippen molar-refractivity contribution in [1.82, 2.24) is 10.6 Å². The van der Waals surface area contributed by atoms with Gasteiger partial charge in [-0.25, -0.2) is 4.79 Å². The van der Waals surface area contributed by atoms with Gasteiger partial charge in [0.15, 0.2) is 0 Å². The molecule has 1 amide bonds. The van der Waals surface area contributed by atoms with Crippen LogP contribution in [0.4, 0.5) is 4.79 Å². The van der Waals surface area contributed by atoms with Gasteiger partial charge in [-0.1, -0.05) is 13.8 Å². The molecule has 18 heavy (non-hydrogen) atoms.